The molecule has 0 aliphatic rings. The summed E-state index contributed by atoms with van der Waals surface area (Å²) in [7, 11) is 1.47. The number of nitrogens with one attached hydrogen (secondary N) is 1. The minimum Gasteiger partial charge on any atom is -0.467 e. The van der Waals surface area contributed by atoms with Crippen molar-refractivity contribution < 1.29 is 4.74 Å². The van der Waals surface area contributed by atoms with Crippen LogP contribution < -0.4 is 10.1 Å². The highest BCUT2D eigenvalue weighted by Crippen LogP contribution is 2.25. The first-order valence-electron chi connectivity index (χ1n) is 5.81. The van der Waals surface area contributed by atoms with Gasteiger partial charge in [0.2, 0.25) is 11.2 Å². The van der Waals surface area contributed by atoms with Crippen LogP contribution in [0.4, 0.5) is 11.6 Å². The zero-order chi connectivity index (χ0) is 13.9. The smallest absolute Gasteiger partial charge is 0.322 e. The molecule has 100 valence electrons. The number of pyridine rings is 1. The Balaban J connectivity index is 2.03. The maximum Gasteiger partial charge on any atom is 0.322 e. The number of ether oxygens (including phenoxy) is 1. The predicted molar refractivity (Wildman–Crippen MR) is 76.4 cm³/mol. The molecule has 3 aromatic rings. The van der Waals surface area contributed by atoms with Crippen LogP contribution in [-0.4, -0.2) is 27.0 Å². The molecule has 20 heavy (non-hydrogen) atoms. The highest BCUT2D eigenvalue weighted by atomic mass is 35.5. The molecule has 0 amide bonds. The number of hydrogen-bond acceptors (Lipinski definition) is 6. The largest absolute Gasteiger partial charge is 0.467 e. The maximum atomic E-state index is 5.82. The number of benzene rings is 1. The van der Waals surface area contributed by atoms with Gasteiger partial charge in [-0.1, -0.05) is 12.1 Å². The summed E-state index contributed by atoms with van der Waals surface area (Å²) >= 11 is 5.82. The fraction of sp³-hybridized carbons (Fsp3) is 0.0769. The fourth-order valence-electron chi connectivity index (χ4n) is 1.82. The number of halogens is 1. The Morgan fingerprint density at radius 1 is 1.15 bits per heavy atom. The number of nitrogens with zero attached hydrogens (tertiary/aromatic N) is 4. The fourth-order valence-corrected chi connectivity index (χ4v) is 1.97. The molecule has 1 aromatic carbocycles. The van der Waals surface area contributed by atoms with Crippen molar-refractivity contribution in [1.29, 1.82) is 0 Å². The lowest BCUT2D eigenvalue weighted by Crippen LogP contribution is -2.02. The quantitative estimate of drug-likeness (QED) is 0.798. The molecule has 0 saturated carbocycles. The van der Waals surface area contributed by atoms with Crippen molar-refractivity contribution in [2.45, 2.75) is 0 Å². The Labute approximate surface area is 119 Å². The first kappa shape index (κ1) is 12.6. The van der Waals surface area contributed by atoms with Gasteiger partial charge in [-0.25, -0.2) is 0 Å². The second-order valence-corrected chi connectivity index (χ2v) is 4.28. The van der Waals surface area contributed by atoms with Crippen molar-refractivity contribution in [3.05, 3.63) is 41.9 Å². The zero-order valence-corrected chi connectivity index (χ0v) is 11.3. The third kappa shape index (κ3) is 2.46. The van der Waals surface area contributed by atoms with E-state index in [1.165, 1.54) is 7.11 Å². The van der Waals surface area contributed by atoms with Gasteiger partial charge in [0.05, 0.1) is 12.8 Å². The summed E-state index contributed by atoms with van der Waals surface area (Å²) < 4.78 is 4.96. The summed E-state index contributed by atoms with van der Waals surface area (Å²) in [4.78, 5) is 16.1. The number of aromatic nitrogens is 4. The Hall–Kier alpha value is -2.47. The van der Waals surface area contributed by atoms with Crippen LogP contribution in [0.2, 0.25) is 5.28 Å². The highest BCUT2D eigenvalue weighted by Gasteiger charge is 2.07. The molecule has 6 nitrogen and oxygen atoms in total. The second-order valence-electron chi connectivity index (χ2n) is 3.94. The van der Waals surface area contributed by atoms with Crippen LogP contribution in [0.15, 0.2) is 36.7 Å². The van der Waals surface area contributed by atoms with E-state index in [0.717, 1.165) is 16.5 Å². The van der Waals surface area contributed by atoms with E-state index in [9.17, 15) is 0 Å². The minimum absolute atomic E-state index is 0.0673. The van der Waals surface area contributed by atoms with E-state index in [2.05, 4.69) is 25.3 Å². The summed E-state index contributed by atoms with van der Waals surface area (Å²) in [6.07, 6.45) is 3.52. The van der Waals surface area contributed by atoms with E-state index in [4.69, 9.17) is 16.3 Å². The van der Waals surface area contributed by atoms with Crippen LogP contribution in [-0.2, 0) is 0 Å². The molecular formula is C13H10ClN5O. The summed E-state index contributed by atoms with van der Waals surface area (Å²) in [5.41, 5.74) is 0.833. The number of rotatable bonds is 3. The van der Waals surface area contributed by atoms with Crippen molar-refractivity contribution in [2.75, 3.05) is 12.4 Å². The van der Waals surface area contributed by atoms with E-state index in [1.54, 1.807) is 12.4 Å². The molecular weight excluding hydrogens is 278 g/mol. The van der Waals surface area contributed by atoms with E-state index in [1.807, 2.05) is 24.3 Å². The average molecular weight is 288 g/mol. The molecule has 0 fully saturated rings. The molecule has 2 aromatic heterocycles. The van der Waals surface area contributed by atoms with Gasteiger partial charge in [-0.05, 0) is 29.1 Å². The Kier molecular flexibility index (Phi) is 3.30. The normalized spacial score (nSPS) is 10.5. The van der Waals surface area contributed by atoms with E-state index < -0.39 is 0 Å². The van der Waals surface area contributed by atoms with Gasteiger partial charge in [0, 0.05) is 17.8 Å². The summed E-state index contributed by atoms with van der Waals surface area (Å²) in [6, 6.07) is 7.94. The van der Waals surface area contributed by atoms with Crippen LogP contribution in [0.1, 0.15) is 0 Å². The number of anilines is 2. The lowest BCUT2D eigenvalue weighted by atomic mass is 10.1. The monoisotopic (exact) mass is 287 g/mol. The van der Waals surface area contributed by atoms with Crippen LogP contribution >= 0.6 is 11.6 Å². The standard InChI is InChI=1S/C13H10ClN5O/c1-20-13-18-11(14)17-12(19-13)16-10-4-2-3-8-5-6-15-7-9(8)10/h2-7H,1H3,(H,16,17,18,19). The Morgan fingerprint density at radius 2 is 2.05 bits per heavy atom. The molecule has 7 heteroatoms. The van der Waals surface area contributed by atoms with Gasteiger partial charge in [0.1, 0.15) is 0 Å². The number of hydrogen-bond donors (Lipinski definition) is 1. The maximum absolute atomic E-state index is 5.82. The van der Waals surface area contributed by atoms with Gasteiger partial charge in [0.25, 0.3) is 0 Å². The average Bonchev–Trinajstić information content (AvgIpc) is 2.47. The van der Waals surface area contributed by atoms with Gasteiger partial charge in [0.15, 0.2) is 0 Å². The second kappa shape index (κ2) is 5.26. The Morgan fingerprint density at radius 3 is 2.90 bits per heavy atom. The molecule has 0 unspecified atom stereocenters. The molecule has 0 spiro atoms. The van der Waals surface area contributed by atoms with E-state index in [-0.39, 0.29) is 11.3 Å². The van der Waals surface area contributed by atoms with Crippen LogP contribution in [0.25, 0.3) is 10.8 Å². The van der Waals surface area contributed by atoms with Gasteiger partial charge < -0.3 is 10.1 Å². The molecule has 2 heterocycles. The molecule has 0 bridgehead atoms. The van der Waals surface area contributed by atoms with Crippen LogP contribution in [0.3, 0.4) is 0 Å². The van der Waals surface area contributed by atoms with Gasteiger partial charge in [-0.2, -0.15) is 15.0 Å². The highest BCUT2D eigenvalue weighted by molar-refractivity contribution is 6.28. The van der Waals surface area contributed by atoms with E-state index >= 15 is 0 Å². The van der Waals surface area contributed by atoms with Crippen molar-refractivity contribution in [1.82, 2.24) is 19.9 Å². The van der Waals surface area contributed by atoms with Gasteiger partial charge in [-0.3, -0.25) is 4.98 Å². The molecule has 0 aliphatic carbocycles. The summed E-state index contributed by atoms with van der Waals surface area (Å²) in [5.74, 6) is 0.318. The summed E-state index contributed by atoms with van der Waals surface area (Å²) in [6.45, 7) is 0. The van der Waals surface area contributed by atoms with Crippen molar-refractivity contribution in [2.24, 2.45) is 0 Å². The molecule has 3 rings (SSSR count). The van der Waals surface area contributed by atoms with E-state index in [0.29, 0.717) is 5.95 Å². The first-order valence-corrected chi connectivity index (χ1v) is 6.19. The molecule has 0 aliphatic heterocycles. The number of methoxy groups -OCH3 is 1. The van der Waals surface area contributed by atoms with Gasteiger partial charge >= 0.3 is 6.01 Å². The third-order valence-electron chi connectivity index (χ3n) is 2.70. The lowest BCUT2D eigenvalue weighted by molar-refractivity contribution is 0.379. The third-order valence-corrected chi connectivity index (χ3v) is 2.87. The number of fused-ring (bicyclic) bond motifs is 1. The van der Waals surface area contributed by atoms with Crippen molar-refractivity contribution in [3.63, 3.8) is 0 Å². The zero-order valence-electron chi connectivity index (χ0n) is 10.5. The first-order chi connectivity index (χ1) is 9.76. The minimum atomic E-state index is 0.0673. The molecule has 0 saturated heterocycles. The SMILES string of the molecule is COc1nc(Cl)nc(Nc2cccc3ccncc23)n1. The van der Waals surface area contributed by atoms with Crippen LogP contribution in [0, 0.1) is 0 Å². The lowest BCUT2D eigenvalue weighted by Gasteiger charge is -2.08. The molecule has 0 radical (unpaired) electrons. The Bertz CT molecular complexity index is 759. The van der Waals surface area contributed by atoms with Crippen molar-refractivity contribution >= 4 is 34.0 Å². The van der Waals surface area contributed by atoms with Gasteiger partial charge in [-0.15, -0.1) is 0 Å². The van der Waals surface area contributed by atoms with Crippen molar-refractivity contribution in [3.8, 4) is 6.01 Å². The predicted octanol–water partition coefficient (Wildman–Crippen LogP) is 2.83. The molecule has 1 N–H and O–H groups in total. The summed E-state index contributed by atoms with van der Waals surface area (Å²) in [5, 5.41) is 5.19. The topological polar surface area (TPSA) is 72.8 Å². The molecule has 0 atom stereocenters. The van der Waals surface area contributed by atoms with Crippen LogP contribution in [0.5, 0.6) is 6.01 Å².